The van der Waals surface area contributed by atoms with Crippen molar-refractivity contribution in [1.29, 1.82) is 0 Å². The van der Waals surface area contributed by atoms with E-state index in [1.807, 2.05) is 18.2 Å². The first-order valence-corrected chi connectivity index (χ1v) is 11.9. The van der Waals surface area contributed by atoms with Crippen molar-refractivity contribution in [2.75, 3.05) is 11.5 Å². The highest BCUT2D eigenvalue weighted by Crippen LogP contribution is 2.35. The van der Waals surface area contributed by atoms with Gasteiger partial charge in [0.05, 0.1) is 16.6 Å². The predicted molar refractivity (Wildman–Crippen MR) is 119 cm³/mol. The molecule has 0 fully saturated rings. The maximum absolute atomic E-state index is 12.9. The third-order valence-electron chi connectivity index (χ3n) is 5.71. The van der Waals surface area contributed by atoms with Gasteiger partial charge >= 0.3 is 0 Å². The molecule has 7 nitrogen and oxygen atoms in total. The zero-order valence-corrected chi connectivity index (χ0v) is 18.0. The minimum absolute atomic E-state index is 0.00635. The topological polar surface area (TPSA) is 93.7 Å². The van der Waals surface area contributed by atoms with E-state index in [9.17, 15) is 13.2 Å². The smallest absolute Gasteiger partial charge is 0.261 e. The number of benzene rings is 3. The quantitative estimate of drug-likeness (QED) is 0.612. The van der Waals surface area contributed by atoms with Crippen molar-refractivity contribution in [3.63, 3.8) is 0 Å². The van der Waals surface area contributed by atoms with Crippen molar-refractivity contribution in [3.05, 3.63) is 83.4 Å². The number of carbonyl (C=O) groups excluding carboxylic acids is 1. The second-order valence-corrected chi connectivity index (χ2v) is 9.50. The second-order valence-electron chi connectivity index (χ2n) is 7.82. The summed E-state index contributed by atoms with van der Waals surface area (Å²) in [6, 6.07) is 18.9. The van der Waals surface area contributed by atoms with Crippen LogP contribution in [-0.4, -0.2) is 21.1 Å². The van der Waals surface area contributed by atoms with E-state index in [2.05, 4.69) is 16.1 Å². The van der Waals surface area contributed by atoms with Crippen LogP contribution in [0.1, 0.15) is 40.4 Å². The SMILES string of the molecule is O=C(NC1CCCc2ccccc21)c1cccc(S(=O)(=O)Nc2ccc3c(c2)OCO3)c1. The molecule has 1 heterocycles. The summed E-state index contributed by atoms with van der Waals surface area (Å²) < 4.78 is 38.9. The molecule has 8 heteroatoms. The molecule has 0 spiro atoms. The number of amides is 1. The number of carbonyl (C=O) groups is 1. The molecular formula is C24H22N2O5S. The Bertz CT molecular complexity index is 1290. The van der Waals surface area contributed by atoms with E-state index in [0.29, 0.717) is 22.7 Å². The van der Waals surface area contributed by atoms with Gasteiger partial charge in [-0.3, -0.25) is 9.52 Å². The fraction of sp³-hybridized carbons (Fsp3) is 0.208. The van der Waals surface area contributed by atoms with Crippen molar-refractivity contribution in [2.45, 2.75) is 30.2 Å². The van der Waals surface area contributed by atoms with Crippen LogP contribution in [0.3, 0.4) is 0 Å². The Kier molecular flexibility index (Phi) is 5.22. The van der Waals surface area contributed by atoms with Crippen LogP contribution in [0.4, 0.5) is 5.69 Å². The fourth-order valence-corrected chi connectivity index (χ4v) is 5.22. The highest BCUT2D eigenvalue weighted by Gasteiger charge is 2.23. The van der Waals surface area contributed by atoms with Gasteiger partial charge in [-0.1, -0.05) is 30.3 Å². The van der Waals surface area contributed by atoms with Crippen molar-refractivity contribution < 1.29 is 22.7 Å². The Balaban J connectivity index is 1.34. The largest absolute Gasteiger partial charge is 0.454 e. The summed E-state index contributed by atoms with van der Waals surface area (Å²) in [6.45, 7) is 0.105. The summed E-state index contributed by atoms with van der Waals surface area (Å²) >= 11 is 0. The van der Waals surface area contributed by atoms with Gasteiger partial charge in [0.1, 0.15) is 0 Å². The normalized spacial score (nSPS) is 16.8. The minimum atomic E-state index is -3.89. The summed E-state index contributed by atoms with van der Waals surface area (Å²) in [5.41, 5.74) is 3.01. The molecule has 3 aromatic carbocycles. The lowest BCUT2D eigenvalue weighted by Gasteiger charge is -2.26. The van der Waals surface area contributed by atoms with Crippen LogP contribution in [0.5, 0.6) is 11.5 Å². The number of nitrogens with one attached hydrogen (secondary N) is 2. The molecule has 0 aromatic heterocycles. The number of aryl methyl sites for hydroxylation is 1. The van der Waals surface area contributed by atoms with Crippen LogP contribution in [0.15, 0.2) is 71.6 Å². The van der Waals surface area contributed by atoms with Crippen molar-refractivity contribution in [3.8, 4) is 11.5 Å². The average molecular weight is 451 g/mol. The van der Waals surface area contributed by atoms with Gasteiger partial charge in [-0.15, -0.1) is 0 Å². The lowest BCUT2D eigenvalue weighted by Crippen LogP contribution is -2.31. The van der Waals surface area contributed by atoms with Gasteiger partial charge in [0.2, 0.25) is 6.79 Å². The highest BCUT2D eigenvalue weighted by molar-refractivity contribution is 7.92. The summed E-state index contributed by atoms with van der Waals surface area (Å²) in [7, 11) is -3.89. The highest BCUT2D eigenvalue weighted by atomic mass is 32.2. The number of hydrogen-bond donors (Lipinski definition) is 2. The van der Waals surface area contributed by atoms with Gasteiger partial charge in [-0.2, -0.15) is 0 Å². The van der Waals surface area contributed by atoms with E-state index < -0.39 is 10.0 Å². The third-order valence-corrected chi connectivity index (χ3v) is 7.09. The number of rotatable bonds is 5. The lowest BCUT2D eigenvalue weighted by molar-refractivity contribution is 0.0932. The molecule has 0 radical (unpaired) electrons. The Morgan fingerprint density at radius 1 is 0.938 bits per heavy atom. The molecule has 5 rings (SSSR count). The van der Waals surface area contributed by atoms with Crippen molar-refractivity contribution in [1.82, 2.24) is 5.32 Å². The molecule has 1 atom stereocenters. The first-order valence-electron chi connectivity index (χ1n) is 10.4. The zero-order valence-electron chi connectivity index (χ0n) is 17.2. The molecular weight excluding hydrogens is 428 g/mol. The van der Waals surface area contributed by atoms with Crippen LogP contribution in [-0.2, 0) is 16.4 Å². The molecule has 2 aliphatic rings. The summed E-state index contributed by atoms with van der Waals surface area (Å²) in [5.74, 6) is 0.744. The van der Waals surface area contributed by atoms with E-state index in [-0.39, 0.29) is 23.6 Å². The van der Waals surface area contributed by atoms with E-state index in [1.54, 1.807) is 30.3 Å². The fourth-order valence-electron chi connectivity index (χ4n) is 4.12. The summed E-state index contributed by atoms with van der Waals surface area (Å²) in [6.07, 6.45) is 2.85. The standard InChI is InChI=1S/C24H22N2O5S/c27-24(25-21-10-4-6-16-5-1-2-9-20(16)21)17-7-3-8-19(13-17)32(28,29)26-18-11-12-22-23(14-18)31-15-30-22/h1-3,5,7-9,11-14,21,26H,4,6,10,15H2,(H,25,27). The maximum atomic E-state index is 12.9. The van der Waals surface area contributed by atoms with Crippen LogP contribution in [0.2, 0.25) is 0 Å². The Labute approximate surface area is 186 Å². The molecule has 0 bridgehead atoms. The molecule has 1 aliphatic carbocycles. The van der Waals surface area contributed by atoms with Crippen LogP contribution < -0.4 is 19.5 Å². The molecule has 1 amide bonds. The van der Waals surface area contributed by atoms with Gasteiger partial charge in [-0.05, 0) is 60.7 Å². The Morgan fingerprint density at radius 3 is 2.69 bits per heavy atom. The summed E-state index contributed by atoms with van der Waals surface area (Å²) in [5, 5.41) is 3.06. The van der Waals surface area contributed by atoms with Crippen LogP contribution in [0, 0.1) is 0 Å². The van der Waals surface area contributed by atoms with Crippen molar-refractivity contribution in [2.24, 2.45) is 0 Å². The van der Waals surface area contributed by atoms with Gasteiger partial charge in [0, 0.05) is 11.6 Å². The Hall–Kier alpha value is -3.52. The molecule has 0 saturated carbocycles. The molecule has 164 valence electrons. The maximum Gasteiger partial charge on any atom is 0.261 e. The van der Waals surface area contributed by atoms with Gasteiger partial charge < -0.3 is 14.8 Å². The monoisotopic (exact) mass is 450 g/mol. The molecule has 2 N–H and O–H groups in total. The zero-order chi connectivity index (χ0) is 22.1. The van der Waals surface area contributed by atoms with Crippen LogP contribution in [0.25, 0.3) is 0 Å². The van der Waals surface area contributed by atoms with E-state index in [1.165, 1.54) is 17.7 Å². The molecule has 1 aliphatic heterocycles. The lowest BCUT2D eigenvalue weighted by atomic mass is 9.87. The van der Waals surface area contributed by atoms with Gasteiger partial charge in [0.25, 0.3) is 15.9 Å². The number of anilines is 1. The van der Waals surface area contributed by atoms with Crippen molar-refractivity contribution >= 4 is 21.6 Å². The second kappa shape index (κ2) is 8.20. The van der Waals surface area contributed by atoms with Crippen LogP contribution >= 0.6 is 0 Å². The average Bonchev–Trinajstić information content (AvgIpc) is 3.27. The van der Waals surface area contributed by atoms with E-state index in [0.717, 1.165) is 24.8 Å². The molecule has 3 aromatic rings. The van der Waals surface area contributed by atoms with Gasteiger partial charge in [-0.25, -0.2) is 8.42 Å². The Morgan fingerprint density at radius 2 is 1.78 bits per heavy atom. The van der Waals surface area contributed by atoms with Gasteiger partial charge in [0.15, 0.2) is 11.5 Å². The predicted octanol–water partition coefficient (Wildman–Crippen LogP) is 4.02. The molecule has 32 heavy (non-hydrogen) atoms. The number of hydrogen-bond acceptors (Lipinski definition) is 5. The number of sulfonamides is 1. The first kappa shape index (κ1) is 20.4. The number of ether oxygens (including phenoxy) is 2. The first-order chi connectivity index (χ1) is 15.5. The molecule has 1 unspecified atom stereocenters. The van der Waals surface area contributed by atoms with E-state index >= 15 is 0 Å². The third kappa shape index (κ3) is 4.01. The molecule has 0 saturated heterocycles. The summed E-state index contributed by atoms with van der Waals surface area (Å²) in [4.78, 5) is 12.9. The number of fused-ring (bicyclic) bond motifs is 2. The minimum Gasteiger partial charge on any atom is -0.454 e. The van der Waals surface area contributed by atoms with E-state index in [4.69, 9.17) is 9.47 Å².